The number of methoxy groups -OCH3 is 1. The molecule has 58 heavy (non-hydrogen) atoms. The van der Waals surface area contributed by atoms with Crippen LogP contribution in [-0.2, 0) is 50.8 Å². The fourth-order valence-electron chi connectivity index (χ4n) is 7.20. The number of pyridine rings is 1. The van der Waals surface area contributed by atoms with E-state index in [1.807, 2.05) is 25.1 Å². The first-order chi connectivity index (χ1) is 27.5. The quantitative estimate of drug-likeness (QED) is 0.123. The van der Waals surface area contributed by atoms with Gasteiger partial charge in [0.05, 0.1) is 36.3 Å². The van der Waals surface area contributed by atoms with Gasteiger partial charge in [-0.3, -0.25) is 39.0 Å². The number of carbonyl (C=O) groups excluding carboxylic acids is 5. The third kappa shape index (κ3) is 9.13. The molecule has 0 spiro atoms. The van der Waals surface area contributed by atoms with Gasteiger partial charge in [-0.05, 0) is 62.3 Å². The summed E-state index contributed by atoms with van der Waals surface area (Å²) in [7, 11) is 3.19. The van der Waals surface area contributed by atoms with Crippen LogP contribution in [0, 0.1) is 0 Å². The van der Waals surface area contributed by atoms with Crippen molar-refractivity contribution >= 4 is 51.7 Å². The second kappa shape index (κ2) is 17.9. The number of amides is 6. The maximum absolute atomic E-state index is 13.3. The van der Waals surface area contributed by atoms with Crippen LogP contribution in [0.4, 0.5) is 10.5 Å². The van der Waals surface area contributed by atoms with Crippen LogP contribution in [0.15, 0.2) is 41.3 Å². The van der Waals surface area contributed by atoms with Crippen molar-refractivity contribution in [2.75, 3.05) is 57.7 Å². The molecule has 0 bridgehead atoms. The van der Waals surface area contributed by atoms with Gasteiger partial charge in [0, 0.05) is 68.2 Å². The number of benzene rings is 2. The summed E-state index contributed by atoms with van der Waals surface area (Å²) in [4.78, 5) is 89.4. The largest absolute Gasteiger partial charge is 0.507 e. The lowest BCUT2D eigenvalue weighted by Crippen LogP contribution is -2.54. The molecule has 20 heteroatoms. The molecule has 6 amide bonds. The van der Waals surface area contributed by atoms with Gasteiger partial charge in [0.15, 0.2) is 9.84 Å². The van der Waals surface area contributed by atoms with E-state index in [1.165, 1.54) is 34.8 Å². The summed E-state index contributed by atoms with van der Waals surface area (Å²) >= 11 is 0. The van der Waals surface area contributed by atoms with Crippen LogP contribution in [0.3, 0.4) is 0 Å². The number of fused-ring (bicyclic) bond motifs is 2. The van der Waals surface area contributed by atoms with Crippen molar-refractivity contribution in [3.8, 4) is 22.6 Å². The summed E-state index contributed by atoms with van der Waals surface area (Å²) in [5.74, 6) is -2.77. The summed E-state index contributed by atoms with van der Waals surface area (Å²) in [6.07, 6.45) is 2.04. The highest BCUT2D eigenvalue weighted by Gasteiger charge is 2.45. The minimum atomic E-state index is -3.70. The molecule has 1 aromatic heterocycles. The van der Waals surface area contributed by atoms with E-state index in [2.05, 4.69) is 16.0 Å². The molecule has 19 nitrogen and oxygen atoms in total. The zero-order valence-corrected chi connectivity index (χ0v) is 33.2. The number of nitrogens with one attached hydrogen (secondary N) is 3. The number of piperidine rings is 1. The Hall–Kier alpha value is -6.28. The Morgan fingerprint density at radius 3 is 2.41 bits per heavy atom. The van der Waals surface area contributed by atoms with E-state index in [1.54, 1.807) is 19.3 Å². The maximum atomic E-state index is 13.3. The predicted molar refractivity (Wildman–Crippen MR) is 209 cm³/mol. The topological polar surface area (TPSA) is 254 Å². The molecule has 310 valence electrons. The first-order valence-electron chi connectivity index (χ1n) is 18.2. The van der Waals surface area contributed by atoms with Gasteiger partial charge >= 0.3 is 6.03 Å². The van der Waals surface area contributed by atoms with Gasteiger partial charge in [-0.25, -0.2) is 13.2 Å². The van der Waals surface area contributed by atoms with Crippen molar-refractivity contribution in [2.45, 2.75) is 38.4 Å². The number of nitrogens with zero attached hydrogens (tertiary/aromatic N) is 4. The molecule has 0 saturated carbocycles. The molecular weight excluding hydrogens is 779 g/mol. The number of hydrogen-bond donors (Lipinski definition) is 5. The lowest BCUT2D eigenvalue weighted by Gasteiger charge is -2.30. The van der Waals surface area contributed by atoms with Crippen LogP contribution in [0.2, 0.25) is 0 Å². The Balaban J connectivity index is 0.00000207. The molecule has 5 N–H and O–H groups in total. The van der Waals surface area contributed by atoms with Crippen LogP contribution in [-0.4, -0.2) is 132 Å². The lowest BCUT2D eigenvalue weighted by atomic mass is 9.91. The number of urea groups is 1. The number of rotatable bonds is 12. The summed E-state index contributed by atoms with van der Waals surface area (Å²) in [6, 6.07) is 6.30. The Morgan fingerprint density at radius 1 is 1.03 bits per heavy atom. The summed E-state index contributed by atoms with van der Waals surface area (Å²) in [5, 5.41) is 25.5. The predicted octanol–water partition coefficient (Wildman–Crippen LogP) is 0.525. The minimum absolute atomic E-state index is 0.00374. The molecule has 3 aromatic rings. The number of carboxylic acid groups (broad SMARTS) is 1. The highest BCUT2D eigenvalue weighted by molar-refractivity contribution is 7.91. The van der Waals surface area contributed by atoms with E-state index in [4.69, 9.17) is 14.6 Å². The molecule has 0 aliphatic carbocycles. The molecule has 4 heterocycles. The number of imide groups is 2. The van der Waals surface area contributed by atoms with Gasteiger partial charge in [-0.2, -0.15) is 0 Å². The molecular formula is C38H45N7O12S. The first kappa shape index (κ1) is 42.9. The van der Waals surface area contributed by atoms with Crippen molar-refractivity contribution in [2.24, 2.45) is 7.05 Å². The number of phenolic OH excluding ortho intramolecular Hbond substituents is 1. The zero-order chi connectivity index (χ0) is 42.5. The number of ether oxygens (including phenoxy) is 1. The number of carbonyl (C=O) groups is 6. The standard InChI is InChI=1S/C37H43N7O10S.CH2O2/c1-41(2)18-26-29(45)16-21(17-30(26)54-4)24-19-42(3)34(48)25-20-43(13-10-22(24)25)37(51)39-12-15-55(52,53)14-11-38-27-7-5-6-23-32(27)36(50)44(35(23)49)28-8-9-31(46)40-33(28)47;2-1-3/h5-7,16-17,19,28,38,45H,8-15,18,20H2,1-4H3,(H,39,51)(H,40,46,47);1H,(H,2,3). The van der Waals surface area contributed by atoms with E-state index in [0.29, 0.717) is 35.4 Å². The lowest BCUT2D eigenvalue weighted by molar-refractivity contribution is -0.136. The van der Waals surface area contributed by atoms with Crippen molar-refractivity contribution < 1.29 is 52.1 Å². The number of hydrogen-bond acceptors (Lipinski definition) is 13. The van der Waals surface area contributed by atoms with Crippen molar-refractivity contribution in [3.05, 3.63) is 74.7 Å². The Bertz CT molecular complexity index is 2330. The second-order valence-corrected chi connectivity index (χ2v) is 16.4. The molecule has 3 aliphatic heterocycles. The molecule has 1 atom stereocenters. The zero-order valence-electron chi connectivity index (χ0n) is 32.4. The number of anilines is 1. The Labute approximate surface area is 333 Å². The summed E-state index contributed by atoms with van der Waals surface area (Å²) < 4.78 is 32.9. The molecule has 2 aromatic carbocycles. The number of sulfone groups is 1. The van der Waals surface area contributed by atoms with Crippen LogP contribution < -0.4 is 26.2 Å². The van der Waals surface area contributed by atoms with Crippen molar-refractivity contribution in [3.63, 3.8) is 0 Å². The fraction of sp³-hybridized carbons (Fsp3) is 0.395. The molecule has 0 radical (unpaired) electrons. The summed E-state index contributed by atoms with van der Waals surface area (Å²) in [6.45, 7) is 0.182. The number of phenols is 1. The SMILES string of the molecule is COc1cc(-c2cn(C)c(=O)c3c2CCN(C(=O)NCCS(=O)(=O)CCNc2cccc4c2C(=O)N(C2CCC(=O)NC2=O)C4=O)C3)cc(O)c1CN(C)C.O=CO. The maximum Gasteiger partial charge on any atom is 0.317 e. The third-order valence-electron chi connectivity index (χ3n) is 9.94. The van der Waals surface area contributed by atoms with Gasteiger partial charge in [0.25, 0.3) is 23.8 Å². The van der Waals surface area contributed by atoms with Gasteiger partial charge in [-0.1, -0.05) is 6.07 Å². The molecule has 1 unspecified atom stereocenters. The average Bonchev–Trinajstić information content (AvgIpc) is 3.42. The van der Waals surface area contributed by atoms with E-state index in [0.717, 1.165) is 16.0 Å². The fourth-order valence-corrected chi connectivity index (χ4v) is 8.23. The van der Waals surface area contributed by atoms with Crippen LogP contribution in [0.25, 0.3) is 11.1 Å². The van der Waals surface area contributed by atoms with E-state index in [9.17, 15) is 42.3 Å². The third-order valence-corrected chi connectivity index (χ3v) is 11.6. The number of aromatic nitrogens is 1. The number of aromatic hydroxyl groups is 1. The van der Waals surface area contributed by atoms with Crippen LogP contribution in [0.1, 0.15) is 50.2 Å². The van der Waals surface area contributed by atoms with Gasteiger partial charge < -0.3 is 40.0 Å². The number of aryl methyl sites for hydroxylation is 1. The van der Waals surface area contributed by atoms with E-state index >= 15 is 0 Å². The molecule has 1 saturated heterocycles. The van der Waals surface area contributed by atoms with E-state index in [-0.39, 0.29) is 85.1 Å². The highest BCUT2D eigenvalue weighted by Crippen LogP contribution is 2.38. The van der Waals surface area contributed by atoms with Crippen molar-refractivity contribution in [1.29, 1.82) is 0 Å². The monoisotopic (exact) mass is 823 g/mol. The van der Waals surface area contributed by atoms with Crippen LogP contribution >= 0.6 is 0 Å². The van der Waals surface area contributed by atoms with E-state index < -0.39 is 45.5 Å². The molecule has 3 aliphatic rings. The van der Waals surface area contributed by atoms with Crippen LogP contribution in [0.5, 0.6) is 11.5 Å². The Kier molecular flexibility index (Phi) is 13.2. The summed E-state index contributed by atoms with van der Waals surface area (Å²) in [5.41, 5.74) is 3.22. The van der Waals surface area contributed by atoms with Gasteiger partial charge in [-0.15, -0.1) is 0 Å². The average molecular weight is 824 g/mol. The second-order valence-electron chi connectivity index (χ2n) is 14.1. The normalized spacial score (nSPS) is 16.3. The highest BCUT2D eigenvalue weighted by atomic mass is 32.2. The van der Waals surface area contributed by atoms with Crippen molar-refractivity contribution in [1.82, 2.24) is 29.9 Å². The van der Waals surface area contributed by atoms with Gasteiger partial charge in [0.2, 0.25) is 11.8 Å². The smallest absolute Gasteiger partial charge is 0.317 e. The molecule has 6 rings (SSSR count). The Morgan fingerprint density at radius 2 is 1.74 bits per heavy atom. The van der Waals surface area contributed by atoms with Gasteiger partial charge in [0.1, 0.15) is 17.5 Å². The minimum Gasteiger partial charge on any atom is -0.507 e. The molecule has 1 fully saturated rings. The first-order valence-corrected chi connectivity index (χ1v) is 20.0.